The third-order valence-electron chi connectivity index (χ3n) is 4.24. The summed E-state index contributed by atoms with van der Waals surface area (Å²) in [6, 6.07) is 4.96. The fourth-order valence-corrected chi connectivity index (χ4v) is 3.00. The Bertz CT molecular complexity index is 493. The van der Waals surface area contributed by atoms with E-state index in [1.807, 2.05) is 6.07 Å². The summed E-state index contributed by atoms with van der Waals surface area (Å²) in [6.07, 6.45) is 6.19. The number of hydrogen-bond acceptors (Lipinski definition) is 5. The highest BCUT2D eigenvalue weighted by Gasteiger charge is 2.24. The second kappa shape index (κ2) is 7.38. The normalized spacial score (nSPS) is 22.0. The van der Waals surface area contributed by atoms with Gasteiger partial charge < -0.3 is 10.2 Å². The van der Waals surface area contributed by atoms with Gasteiger partial charge in [0.1, 0.15) is 5.69 Å². The molecule has 0 aliphatic heterocycles. The Kier molecular flexibility index (Phi) is 5.52. The Balaban J connectivity index is 2.02. The molecule has 1 fully saturated rings. The number of nitro groups is 1. The summed E-state index contributed by atoms with van der Waals surface area (Å²) in [4.78, 5) is 10.6. The van der Waals surface area contributed by atoms with Crippen LogP contribution in [-0.4, -0.2) is 11.0 Å². The monoisotopic (exact) mass is 293 g/mol. The molecule has 0 heterocycles. The fourth-order valence-electron chi connectivity index (χ4n) is 3.00. The van der Waals surface area contributed by atoms with E-state index < -0.39 is 4.92 Å². The number of benzene rings is 1. The molecule has 6 nitrogen and oxygen atoms in total. The zero-order chi connectivity index (χ0) is 15.2. The third-order valence-corrected chi connectivity index (χ3v) is 4.24. The molecule has 1 aromatic carbocycles. The van der Waals surface area contributed by atoms with Crippen LogP contribution in [0.2, 0.25) is 0 Å². The van der Waals surface area contributed by atoms with Gasteiger partial charge in [0.15, 0.2) is 0 Å². The first-order valence-electron chi connectivity index (χ1n) is 7.51. The topological polar surface area (TPSA) is 90.4 Å². The minimum Gasteiger partial charge on any atom is -0.373 e. The smallest absolute Gasteiger partial charge is 0.294 e. The standard InChI is InChI=1S/C15H23N3O3/c1-2-12-5-3-4-6-15(12)21-10-11-7-8-13(17-16)14(9-11)18(19)20/h7-9,12,15,17H,2-6,10,16H2,1H3. The van der Waals surface area contributed by atoms with Crippen LogP contribution >= 0.6 is 0 Å². The second-order valence-corrected chi connectivity index (χ2v) is 5.56. The molecule has 1 aromatic rings. The van der Waals surface area contributed by atoms with Crippen molar-refractivity contribution in [1.29, 1.82) is 0 Å². The van der Waals surface area contributed by atoms with Gasteiger partial charge in [-0.05, 0) is 30.4 Å². The van der Waals surface area contributed by atoms with Crippen LogP contribution in [0.5, 0.6) is 0 Å². The molecule has 0 bridgehead atoms. The van der Waals surface area contributed by atoms with E-state index >= 15 is 0 Å². The maximum atomic E-state index is 11.0. The number of nitrogen functional groups attached to an aromatic ring is 1. The highest BCUT2D eigenvalue weighted by molar-refractivity contribution is 5.61. The Morgan fingerprint density at radius 1 is 1.43 bits per heavy atom. The van der Waals surface area contributed by atoms with Gasteiger partial charge in [-0.25, -0.2) is 0 Å². The Morgan fingerprint density at radius 3 is 2.86 bits per heavy atom. The predicted octanol–water partition coefficient (Wildman–Crippen LogP) is 3.37. The lowest BCUT2D eigenvalue weighted by atomic mass is 9.85. The van der Waals surface area contributed by atoms with Crippen LogP contribution in [0.4, 0.5) is 11.4 Å². The van der Waals surface area contributed by atoms with Crippen molar-refractivity contribution in [2.45, 2.75) is 51.7 Å². The molecule has 0 saturated heterocycles. The van der Waals surface area contributed by atoms with Crippen molar-refractivity contribution in [1.82, 2.24) is 0 Å². The van der Waals surface area contributed by atoms with Crippen LogP contribution in [0.3, 0.4) is 0 Å². The van der Waals surface area contributed by atoms with E-state index in [1.54, 1.807) is 6.07 Å². The number of rotatable bonds is 6. The number of nitro benzene ring substituents is 1. The molecule has 2 rings (SSSR count). The molecule has 21 heavy (non-hydrogen) atoms. The molecule has 1 aliphatic carbocycles. The van der Waals surface area contributed by atoms with E-state index in [0.29, 0.717) is 18.2 Å². The van der Waals surface area contributed by atoms with Gasteiger partial charge in [0.05, 0.1) is 17.6 Å². The SMILES string of the molecule is CCC1CCCCC1OCc1ccc(NN)c([N+](=O)[O-])c1. The van der Waals surface area contributed by atoms with Gasteiger partial charge in [-0.1, -0.05) is 32.3 Å². The summed E-state index contributed by atoms with van der Waals surface area (Å²) in [5, 5.41) is 11.0. The molecule has 0 radical (unpaired) electrons. The van der Waals surface area contributed by atoms with Crippen LogP contribution in [0.1, 0.15) is 44.6 Å². The van der Waals surface area contributed by atoms with Crippen LogP contribution in [0.15, 0.2) is 18.2 Å². The van der Waals surface area contributed by atoms with E-state index in [9.17, 15) is 10.1 Å². The third kappa shape index (κ3) is 3.92. The number of nitrogens with one attached hydrogen (secondary N) is 1. The van der Waals surface area contributed by atoms with Gasteiger partial charge >= 0.3 is 0 Å². The summed E-state index contributed by atoms with van der Waals surface area (Å²) in [5.41, 5.74) is 3.44. The minimum absolute atomic E-state index is 0.0192. The lowest BCUT2D eigenvalue weighted by molar-refractivity contribution is -0.384. The van der Waals surface area contributed by atoms with E-state index in [0.717, 1.165) is 18.4 Å². The quantitative estimate of drug-likeness (QED) is 0.477. The van der Waals surface area contributed by atoms with Crippen LogP contribution in [0.25, 0.3) is 0 Å². The van der Waals surface area contributed by atoms with Crippen molar-refractivity contribution in [3.05, 3.63) is 33.9 Å². The van der Waals surface area contributed by atoms with E-state index in [-0.39, 0.29) is 11.8 Å². The van der Waals surface area contributed by atoms with Crippen molar-refractivity contribution >= 4 is 11.4 Å². The first-order chi connectivity index (χ1) is 10.2. The molecule has 1 saturated carbocycles. The summed E-state index contributed by atoms with van der Waals surface area (Å²) in [6.45, 7) is 2.60. The summed E-state index contributed by atoms with van der Waals surface area (Å²) < 4.78 is 6.01. The molecule has 2 atom stereocenters. The van der Waals surface area contributed by atoms with Gasteiger partial charge in [-0.15, -0.1) is 0 Å². The van der Waals surface area contributed by atoms with Crippen LogP contribution in [-0.2, 0) is 11.3 Å². The highest BCUT2D eigenvalue weighted by atomic mass is 16.6. The van der Waals surface area contributed by atoms with Gasteiger partial charge in [-0.2, -0.15) is 0 Å². The number of nitrogens with zero attached hydrogens (tertiary/aromatic N) is 1. The predicted molar refractivity (Wildman–Crippen MR) is 81.7 cm³/mol. The molecule has 2 unspecified atom stereocenters. The molecule has 0 aromatic heterocycles. The molecule has 3 N–H and O–H groups in total. The second-order valence-electron chi connectivity index (χ2n) is 5.56. The molecule has 116 valence electrons. The number of ether oxygens (including phenoxy) is 1. The molecule has 1 aliphatic rings. The summed E-state index contributed by atoms with van der Waals surface area (Å²) >= 11 is 0. The van der Waals surface area contributed by atoms with E-state index in [1.165, 1.54) is 25.3 Å². The Morgan fingerprint density at radius 2 is 2.19 bits per heavy atom. The van der Waals surface area contributed by atoms with E-state index in [2.05, 4.69) is 12.3 Å². The first-order valence-corrected chi connectivity index (χ1v) is 7.51. The minimum atomic E-state index is -0.436. The average Bonchev–Trinajstić information content (AvgIpc) is 2.52. The molecular weight excluding hydrogens is 270 g/mol. The number of anilines is 1. The number of hydrogen-bond donors (Lipinski definition) is 2. The molecule has 0 amide bonds. The zero-order valence-corrected chi connectivity index (χ0v) is 12.4. The van der Waals surface area contributed by atoms with Gasteiger partial charge in [0, 0.05) is 6.07 Å². The molecular formula is C15H23N3O3. The maximum Gasteiger partial charge on any atom is 0.294 e. The first kappa shape index (κ1) is 15.7. The zero-order valence-electron chi connectivity index (χ0n) is 12.4. The van der Waals surface area contributed by atoms with E-state index in [4.69, 9.17) is 10.6 Å². The van der Waals surface area contributed by atoms with Gasteiger partial charge in [0.25, 0.3) is 5.69 Å². The summed E-state index contributed by atoms with van der Waals surface area (Å²) in [7, 11) is 0. The van der Waals surface area contributed by atoms with Crippen molar-refractivity contribution in [3.8, 4) is 0 Å². The average molecular weight is 293 g/mol. The largest absolute Gasteiger partial charge is 0.373 e. The fraction of sp³-hybridized carbons (Fsp3) is 0.600. The van der Waals surface area contributed by atoms with Crippen molar-refractivity contribution in [2.75, 3.05) is 5.43 Å². The highest BCUT2D eigenvalue weighted by Crippen LogP contribution is 2.30. The Labute approximate surface area is 124 Å². The molecule has 0 spiro atoms. The van der Waals surface area contributed by atoms with Gasteiger partial charge in [-0.3, -0.25) is 16.0 Å². The van der Waals surface area contributed by atoms with Crippen LogP contribution < -0.4 is 11.3 Å². The number of hydrazine groups is 1. The van der Waals surface area contributed by atoms with Crippen molar-refractivity contribution in [3.63, 3.8) is 0 Å². The maximum absolute atomic E-state index is 11.0. The van der Waals surface area contributed by atoms with Gasteiger partial charge in [0.2, 0.25) is 0 Å². The van der Waals surface area contributed by atoms with Crippen molar-refractivity contribution in [2.24, 2.45) is 11.8 Å². The number of nitrogens with two attached hydrogens (primary N) is 1. The lowest BCUT2D eigenvalue weighted by Crippen LogP contribution is -2.27. The summed E-state index contributed by atoms with van der Waals surface area (Å²) in [5.74, 6) is 5.89. The van der Waals surface area contributed by atoms with Crippen molar-refractivity contribution < 1.29 is 9.66 Å². The Hall–Kier alpha value is -1.66. The lowest BCUT2D eigenvalue weighted by Gasteiger charge is -2.30. The molecule has 6 heteroatoms. The van der Waals surface area contributed by atoms with Crippen LogP contribution in [0, 0.1) is 16.0 Å².